The first kappa shape index (κ1) is 22.1. The number of carbonyl (C=O) groups excluding carboxylic acids is 3. The lowest BCUT2D eigenvalue weighted by Gasteiger charge is -2.11. The molecule has 0 aromatic heterocycles. The SMILES string of the molecule is O=C(c1ccc(Br)cc1)c1ccccc1C(=O)c1ccccc1C(=O)c1ccc(Br)cc1. The van der Waals surface area contributed by atoms with Gasteiger partial charge in [0.25, 0.3) is 0 Å². The van der Waals surface area contributed by atoms with Crippen LogP contribution in [0.1, 0.15) is 47.8 Å². The van der Waals surface area contributed by atoms with Gasteiger partial charge < -0.3 is 0 Å². The van der Waals surface area contributed by atoms with Gasteiger partial charge in [0.15, 0.2) is 17.3 Å². The summed E-state index contributed by atoms with van der Waals surface area (Å²) in [6, 6.07) is 27.3. The maximum atomic E-state index is 13.5. The Labute approximate surface area is 202 Å². The molecule has 0 heterocycles. The lowest BCUT2D eigenvalue weighted by Crippen LogP contribution is -2.15. The fourth-order valence-corrected chi connectivity index (χ4v) is 3.95. The van der Waals surface area contributed by atoms with Crippen molar-refractivity contribution in [3.05, 3.63) is 139 Å². The van der Waals surface area contributed by atoms with Crippen molar-refractivity contribution in [1.82, 2.24) is 0 Å². The zero-order valence-electron chi connectivity index (χ0n) is 16.7. The van der Waals surface area contributed by atoms with Crippen molar-refractivity contribution in [2.45, 2.75) is 0 Å². The largest absolute Gasteiger partial charge is 0.289 e. The molecule has 3 nitrogen and oxygen atoms in total. The summed E-state index contributed by atoms with van der Waals surface area (Å²) in [5.41, 5.74) is 2.07. The lowest BCUT2D eigenvalue weighted by atomic mass is 9.89. The van der Waals surface area contributed by atoms with E-state index in [1.807, 2.05) is 0 Å². The molecule has 0 amide bonds. The molecule has 0 aliphatic carbocycles. The van der Waals surface area contributed by atoms with Crippen LogP contribution >= 0.6 is 31.9 Å². The Hall–Kier alpha value is -3.15. The van der Waals surface area contributed by atoms with Gasteiger partial charge in [0.05, 0.1) is 0 Å². The topological polar surface area (TPSA) is 51.2 Å². The van der Waals surface area contributed by atoms with E-state index in [1.165, 1.54) is 0 Å². The highest BCUT2D eigenvalue weighted by molar-refractivity contribution is 9.10. The Morgan fingerprint density at radius 3 is 1.00 bits per heavy atom. The molecule has 4 aromatic rings. The van der Waals surface area contributed by atoms with Crippen molar-refractivity contribution in [2.24, 2.45) is 0 Å². The monoisotopic (exact) mass is 546 g/mol. The third-order valence-corrected chi connectivity index (χ3v) is 6.10. The quantitative estimate of drug-likeness (QED) is 0.246. The molecule has 0 fully saturated rings. The van der Waals surface area contributed by atoms with E-state index in [0.29, 0.717) is 22.3 Å². The fraction of sp³-hybridized carbons (Fsp3) is 0. The van der Waals surface area contributed by atoms with Crippen LogP contribution in [0.2, 0.25) is 0 Å². The normalized spacial score (nSPS) is 10.6. The second-order valence-electron chi connectivity index (χ2n) is 7.09. The molecule has 0 aliphatic heterocycles. The molecule has 0 saturated heterocycles. The number of hydrogen-bond acceptors (Lipinski definition) is 3. The zero-order valence-corrected chi connectivity index (χ0v) is 19.9. The van der Waals surface area contributed by atoms with Crippen molar-refractivity contribution in [3.63, 3.8) is 0 Å². The van der Waals surface area contributed by atoms with Crippen molar-refractivity contribution < 1.29 is 14.4 Å². The number of rotatable bonds is 6. The average Bonchev–Trinajstić information content (AvgIpc) is 2.83. The standard InChI is InChI=1S/C27H16Br2O3/c28-19-13-9-17(10-14-19)25(30)21-5-1-3-7-23(21)27(32)24-8-4-2-6-22(24)26(31)18-11-15-20(29)16-12-18/h1-16H. The van der Waals surface area contributed by atoms with Crippen LogP contribution in [0, 0.1) is 0 Å². The van der Waals surface area contributed by atoms with Crippen molar-refractivity contribution >= 4 is 49.2 Å². The van der Waals surface area contributed by atoms with Crippen molar-refractivity contribution in [2.75, 3.05) is 0 Å². The first-order valence-corrected chi connectivity index (χ1v) is 11.4. The first-order chi connectivity index (χ1) is 15.5. The van der Waals surface area contributed by atoms with Gasteiger partial charge in [0, 0.05) is 42.3 Å². The molecule has 156 valence electrons. The summed E-state index contributed by atoms with van der Waals surface area (Å²) < 4.78 is 1.72. The van der Waals surface area contributed by atoms with Gasteiger partial charge in [-0.1, -0.05) is 80.4 Å². The summed E-state index contributed by atoms with van der Waals surface area (Å²) in [5, 5.41) is 0. The highest BCUT2D eigenvalue weighted by atomic mass is 79.9. The Morgan fingerprint density at radius 1 is 0.406 bits per heavy atom. The molecule has 0 aliphatic rings. The van der Waals surface area contributed by atoms with Gasteiger partial charge in [-0.25, -0.2) is 0 Å². The molecular formula is C27H16Br2O3. The second-order valence-corrected chi connectivity index (χ2v) is 8.92. The number of carbonyl (C=O) groups is 3. The Morgan fingerprint density at radius 2 is 0.688 bits per heavy atom. The third kappa shape index (κ3) is 4.54. The molecular weight excluding hydrogens is 532 g/mol. The Kier molecular flexibility index (Phi) is 6.58. The Balaban J connectivity index is 1.75. The van der Waals surface area contributed by atoms with Crippen LogP contribution in [0.4, 0.5) is 0 Å². The van der Waals surface area contributed by atoms with Gasteiger partial charge in [-0.2, -0.15) is 0 Å². The van der Waals surface area contributed by atoms with Crippen molar-refractivity contribution in [3.8, 4) is 0 Å². The van der Waals surface area contributed by atoms with Crippen LogP contribution in [-0.4, -0.2) is 17.3 Å². The maximum absolute atomic E-state index is 13.5. The van der Waals surface area contributed by atoms with Gasteiger partial charge in [-0.15, -0.1) is 0 Å². The van der Waals surface area contributed by atoms with E-state index in [9.17, 15) is 14.4 Å². The molecule has 0 spiro atoms. The number of benzene rings is 4. The summed E-state index contributed by atoms with van der Waals surface area (Å²) in [5.74, 6) is -0.872. The molecule has 5 heteroatoms. The highest BCUT2D eigenvalue weighted by Gasteiger charge is 2.23. The van der Waals surface area contributed by atoms with Crippen LogP contribution in [0.25, 0.3) is 0 Å². The van der Waals surface area contributed by atoms with Crippen LogP contribution in [0.15, 0.2) is 106 Å². The van der Waals surface area contributed by atoms with E-state index < -0.39 is 0 Å². The van der Waals surface area contributed by atoms with Crippen LogP contribution < -0.4 is 0 Å². The van der Waals surface area contributed by atoms with Gasteiger partial charge >= 0.3 is 0 Å². The Bertz CT molecular complexity index is 1220. The maximum Gasteiger partial charge on any atom is 0.194 e. The van der Waals surface area contributed by atoms with Gasteiger partial charge in [0.2, 0.25) is 0 Å². The van der Waals surface area contributed by atoms with E-state index in [4.69, 9.17) is 0 Å². The van der Waals surface area contributed by atoms with E-state index in [0.717, 1.165) is 8.95 Å². The third-order valence-electron chi connectivity index (χ3n) is 5.05. The molecule has 0 unspecified atom stereocenters. The smallest absolute Gasteiger partial charge is 0.194 e. The number of halogens is 2. The molecule has 32 heavy (non-hydrogen) atoms. The zero-order chi connectivity index (χ0) is 22.7. The molecule has 0 radical (unpaired) electrons. The number of hydrogen-bond donors (Lipinski definition) is 0. The molecule has 4 aromatic carbocycles. The van der Waals surface area contributed by atoms with E-state index >= 15 is 0 Å². The van der Waals surface area contributed by atoms with Crippen LogP contribution in [0.5, 0.6) is 0 Å². The predicted molar refractivity (Wildman–Crippen MR) is 131 cm³/mol. The molecule has 0 atom stereocenters. The minimum absolute atomic E-state index is 0.252. The van der Waals surface area contributed by atoms with Gasteiger partial charge in [-0.3, -0.25) is 14.4 Å². The molecule has 4 rings (SSSR count). The fourth-order valence-electron chi connectivity index (χ4n) is 3.42. The summed E-state index contributed by atoms with van der Waals surface area (Å²) in [7, 11) is 0. The summed E-state index contributed by atoms with van der Waals surface area (Å²) in [6.07, 6.45) is 0. The van der Waals surface area contributed by atoms with Crippen LogP contribution in [0.3, 0.4) is 0 Å². The summed E-state index contributed by atoms with van der Waals surface area (Å²) in [4.78, 5) is 39.8. The molecule has 0 N–H and O–H groups in total. The average molecular weight is 548 g/mol. The minimum Gasteiger partial charge on any atom is -0.289 e. The number of ketones is 3. The second kappa shape index (κ2) is 9.55. The van der Waals surface area contributed by atoms with Crippen LogP contribution in [-0.2, 0) is 0 Å². The van der Waals surface area contributed by atoms with E-state index in [-0.39, 0.29) is 28.5 Å². The highest BCUT2D eigenvalue weighted by Crippen LogP contribution is 2.23. The van der Waals surface area contributed by atoms with E-state index in [1.54, 1.807) is 97.1 Å². The summed E-state index contributed by atoms with van der Waals surface area (Å²) >= 11 is 6.73. The molecule has 0 bridgehead atoms. The van der Waals surface area contributed by atoms with Gasteiger partial charge in [-0.05, 0) is 48.5 Å². The minimum atomic E-state index is -0.368. The summed E-state index contributed by atoms with van der Waals surface area (Å²) in [6.45, 7) is 0. The molecule has 0 saturated carbocycles. The van der Waals surface area contributed by atoms with Gasteiger partial charge in [0.1, 0.15) is 0 Å². The first-order valence-electron chi connectivity index (χ1n) is 9.79. The van der Waals surface area contributed by atoms with Crippen molar-refractivity contribution in [1.29, 1.82) is 0 Å². The predicted octanol–water partition coefficient (Wildman–Crippen LogP) is 6.90. The van der Waals surface area contributed by atoms with E-state index in [2.05, 4.69) is 31.9 Å². The lowest BCUT2D eigenvalue weighted by molar-refractivity contribution is 0.0994.